The van der Waals surface area contributed by atoms with E-state index in [1.807, 2.05) is 25.6 Å². The Labute approximate surface area is 89.2 Å². The summed E-state index contributed by atoms with van der Waals surface area (Å²) in [6, 6.07) is 0. The van der Waals surface area contributed by atoms with Gasteiger partial charge in [0.05, 0.1) is 18.4 Å². The molecule has 1 saturated heterocycles. The highest BCUT2D eigenvalue weighted by atomic mass is 16.5. The highest BCUT2D eigenvalue weighted by Gasteiger charge is 2.26. The molecule has 1 unspecified atom stereocenters. The first-order valence-corrected chi connectivity index (χ1v) is 5.23. The molecule has 1 aliphatic rings. The first-order chi connectivity index (χ1) is 7.09. The molecular weight excluding hydrogens is 192 g/mol. The van der Waals surface area contributed by atoms with E-state index in [-0.39, 0.29) is 11.9 Å². The second-order valence-electron chi connectivity index (χ2n) is 4.06. The number of aryl methyl sites for hydroxylation is 2. The van der Waals surface area contributed by atoms with Gasteiger partial charge in [-0.05, 0) is 13.8 Å². The van der Waals surface area contributed by atoms with Crippen molar-refractivity contribution in [2.45, 2.75) is 32.8 Å². The maximum atomic E-state index is 11.4. The van der Waals surface area contributed by atoms with Crippen LogP contribution in [0.5, 0.6) is 0 Å². The van der Waals surface area contributed by atoms with Crippen LogP contribution in [0.2, 0.25) is 0 Å². The van der Waals surface area contributed by atoms with Crippen molar-refractivity contribution in [2.24, 2.45) is 7.05 Å². The summed E-state index contributed by atoms with van der Waals surface area (Å²) in [4.78, 5) is 11.4. The van der Waals surface area contributed by atoms with Crippen molar-refractivity contribution in [1.29, 1.82) is 0 Å². The van der Waals surface area contributed by atoms with E-state index < -0.39 is 0 Å². The molecule has 0 amide bonds. The minimum atomic E-state index is -0.0834. The van der Waals surface area contributed by atoms with Crippen LogP contribution in [0.15, 0.2) is 0 Å². The van der Waals surface area contributed by atoms with Gasteiger partial charge in [-0.15, -0.1) is 0 Å². The lowest BCUT2D eigenvalue weighted by Gasteiger charge is -2.22. The molecule has 0 N–H and O–H groups in total. The SMILES string of the molecule is Cc1nn(C)c(C)c1C1CC(=O)CCO1. The highest BCUT2D eigenvalue weighted by molar-refractivity contribution is 5.79. The van der Waals surface area contributed by atoms with Crippen LogP contribution in [0.3, 0.4) is 0 Å². The molecule has 0 aromatic carbocycles. The molecule has 1 atom stereocenters. The molecule has 2 rings (SSSR count). The lowest BCUT2D eigenvalue weighted by atomic mass is 9.99. The Hall–Kier alpha value is -1.16. The molecule has 0 bridgehead atoms. The summed E-state index contributed by atoms with van der Waals surface area (Å²) >= 11 is 0. The van der Waals surface area contributed by atoms with E-state index in [4.69, 9.17) is 4.74 Å². The third kappa shape index (κ3) is 1.81. The first-order valence-electron chi connectivity index (χ1n) is 5.23. The maximum Gasteiger partial charge on any atom is 0.138 e. The second kappa shape index (κ2) is 3.77. The summed E-state index contributed by atoms with van der Waals surface area (Å²) in [6.07, 6.45) is 0.961. The standard InChI is InChI=1S/C11H16N2O2/c1-7-11(8(2)13(3)12-7)10-6-9(14)4-5-15-10/h10H,4-6H2,1-3H3. The van der Waals surface area contributed by atoms with Crippen LogP contribution in [-0.2, 0) is 16.6 Å². The topological polar surface area (TPSA) is 44.1 Å². The minimum absolute atomic E-state index is 0.0834. The first kappa shape index (κ1) is 10.4. The molecule has 1 fully saturated rings. The van der Waals surface area contributed by atoms with Gasteiger partial charge < -0.3 is 4.74 Å². The number of nitrogens with zero attached hydrogens (tertiary/aromatic N) is 2. The van der Waals surface area contributed by atoms with Crippen molar-refractivity contribution in [1.82, 2.24) is 9.78 Å². The average Bonchev–Trinajstić information content (AvgIpc) is 2.41. The van der Waals surface area contributed by atoms with E-state index in [1.165, 1.54) is 0 Å². The lowest BCUT2D eigenvalue weighted by Crippen LogP contribution is -2.20. The minimum Gasteiger partial charge on any atom is -0.372 e. The molecule has 1 aromatic rings. The molecule has 4 nitrogen and oxygen atoms in total. The predicted molar refractivity (Wildman–Crippen MR) is 55.6 cm³/mol. The van der Waals surface area contributed by atoms with Crippen LogP contribution in [0, 0.1) is 13.8 Å². The number of aromatic nitrogens is 2. The van der Waals surface area contributed by atoms with Gasteiger partial charge in [-0.1, -0.05) is 0 Å². The third-order valence-electron chi connectivity index (χ3n) is 3.00. The van der Waals surface area contributed by atoms with Crippen LogP contribution in [0.4, 0.5) is 0 Å². The van der Waals surface area contributed by atoms with Crippen molar-refractivity contribution >= 4 is 5.78 Å². The summed E-state index contributed by atoms with van der Waals surface area (Å²) in [6.45, 7) is 4.51. The number of ketones is 1. The predicted octanol–water partition coefficient (Wildman–Crippen LogP) is 1.46. The third-order valence-corrected chi connectivity index (χ3v) is 3.00. The molecule has 0 spiro atoms. The molecule has 2 heterocycles. The van der Waals surface area contributed by atoms with Crippen LogP contribution in [-0.4, -0.2) is 22.2 Å². The number of rotatable bonds is 1. The molecule has 0 aliphatic carbocycles. The Morgan fingerprint density at radius 2 is 2.20 bits per heavy atom. The fourth-order valence-electron chi connectivity index (χ4n) is 2.12. The van der Waals surface area contributed by atoms with E-state index in [0.29, 0.717) is 19.4 Å². The second-order valence-corrected chi connectivity index (χ2v) is 4.06. The summed E-state index contributed by atoms with van der Waals surface area (Å²) in [5, 5.41) is 4.34. The zero-order valence-electron chi connectivity index (χ0n) is 9.41. The van der Waals surface area contributed by atoms with Crippen LogP contribution in [0.1, 0.15) is 35.9 Å². The molecular formula is C11H16N2O2. The van der Waals surface area contributed by atoms with Gasteiger partial charge in [0, 0.05) is 31.1 Å². The van der Waals surface area contributed by atoms with Gasteiger partial charge >= 0.3 is 0 Å². The van der Waals surface area contributed by atoms with Crippen molar-refractivity contribution in [2.75, 3.05) is 6.61 Å². The van der Waals surface area contributed by atoms with Crippen molar-refractivity contribution in [3.8, 4) is 0 Å². The summed E-state index contributed by atoms with van der Waals surface area (Å²) in [5.74, 6) is 0.286. The van der Waals surface area contributed by atoms with Crippen LogP contribution < -0.4 is 0 Å². The average molecular weight is 208 g/mol. The van der Waals surface area contributed by atoms with Gasteiger partial charge in [-0.25, -0.2) is 0 Å². The Morgan fingerprint density at radius 1 is 1.47 bits per heavy atom. The fourth-order valence-corrected chi connectivity index (χ4v) is 2.12. The molecule has 4 heteroatoms. The molecule has 0 radical (unpaired) electrons. The van der Waals surface area contributed by atoms with Crippen LogP contribution in [0.25, 0.3) is 0 Å². The zero-order chi connectivity index (χ0) is 11.0. The Balaban J connectivity index is 2.32. The Morgan fingerprint density at radius 3 is 2.73 bits per heavy atom. The number of hydrogen-bond acceptors (Lipinski definition) is 3. The Kier molecular flexibility index (Phi) is 2.61. The molecule has 15 heavy (non-hydrogen) atoms. The summed E-state index contributed by atoms with van der Waals surface area (Å²) < 4.78 is 7.48. The van der Waals surface area contributed by atoms with E-state index in [0.717, 1.165) is 17.0 Å². The smallest absolute Gasteiger partial charge is 0.138 e. The Bertz CT molecular complexity index is 396. The number of Topliss-reactive ketones (excluding diaryl/α,β-unsaturated/α-hetero) is 1. The zero-order valence-corrected chi connectivity index (χ0v) is 9.41. The summed E-state index contributed by atoms with van der Waals surface area (Å²) in [7, 11) is 1.91. The van der Waals surface area contributed by atoms with E-state index in [9.17, 15) is 4.79 Å². The molecule has 1 aliphatic heterocycles. The molecule has 82 valence electrons. The van der Waals surface area contributed by atoms with Gasteiger partial charge in [0.25, 0.3) is 0 Å². The molecule has 1 aromatic heterocycles. The monoisotopic (exact) mass is 208 g/mol. The quantitative estimate of drug-likeness (QED) is 0.701. The van der Waals surface area contributed by atoms with Crippen LogP contribution >= 0.6 is 0 Å². The maximum absolute atomic E-state index is 11.4. The van der Waals surface area contributed by atoms with Gasteiger partial charge in [-0.2, -0.15) is 5.10 Å². The van der Waals surface area contributed by atoms with Crippen molar-refractivity contribution < 1.29 is 9.53 Å². The number of hydrogen-bond donors (Lipinski definition) is 0. The van der Waals surface area contributed by atoms with Gasteiger partial charge in [0.15, 0.2) is 0 Å². The lowest BCUT2D eigenvalue weighted by molar-refractivity contribution is -0.128. The number of carbonyl (C=O) groups is 1. The van der Waals surface area contributed by atoms with Gasteiger partial charge in [0.2, 0.25) is 0 Å². The molecule has 0 saturated carbocycles. The van der Waals surface area contributed by atoms with E-state index in [1.54, 1.807) is 0 Å². The number of ether oxygens (including phenoxy) is 1. The largest absolute Gasteiger partial charge is 0.372 e. The highest BCUT2D eigenvalue weighted by Crippen LogP contribution is 2.30. The fraction of sp³-hybridized carbons (Fsp3) is 0.636. The van der Waals surface area contributed by atoms with Gasteiger partial charge in [0.1, 0.15) is 5.78 Å². The number of carbonyl (C=O) groups excluding carboxylic acids is 1. The van der Waals surface area contributed by atoms with Crippen molar-refractivity contribution in [3.63, 3.8) is 0 Å². The van der Waals surface area contributed by atoms with Crippen molar-refractivity contribution in [3.05, 3.63) is 17.0 Å². The van der Waals surface area contributed by atoms with E-state index >= 15 is 0 Å². The normalized spacial score (nSPS) is 22.1. The summed E-state index contributed by atoms with van der Waals surface area (Å²) in [5.41, 5.74) is 3.15. The van der Waals surface area contributed by atoms with Gasteiger partial charge in [-0.3, -0.25) is 9.48 Å². The van der Waals surface area contributed by atoms with E-state index in [2.05, 4.69) is 5.10 Å².